The molecule has 2 aromatic carbocycles. The smallest absolute Gasteiger partial charge is 0.166 e. The van der Waals surface area contributed by atoms with Crippen molar-refractivity contribution in [2.75, 3.05) is 0 Å². The van der Waals surface area contributed by atoms with Gasteiger partial charge in [-0.05, 0) is 6.42 Å². The fourth-order valence-electron chi connectivity index (χ4n) is 2.23. The normalized spacial score (nSPS) is 11.8. The van der Waals surface area contributed by atoms with Gasteiger partial charge in [-0.25, -0.2) is 0 Å². The molecule has 0 aromatic heterocycles. The summed E-state index contributed by atoms with van der Waals surface area (Å²) < 4.78 is 0. The Labute approximate surface area is 119 Å². The molecule has 0 bridgehead atoms. The summed E-state index contributed by atoms with van der Waals surface area (Å²) in [6, 6.07) is 18.3. The van der Waals surface area contributed by atoms with Gasteiger partial charge >= 0.3 is 0 Å². The number of carbonyl (C=O) groups excluding carboxylic acids is 2. The summed E-state index contributed by atoms with van der Waals surface area (Å²) in [5.41, 5.74) is 1.35. The molecule has 0 aliphatic rings. The highest BCUT2D eigenvalue weighted by Gasteiger charge is 2.21. The van der Waals surface area contributed by atoms with E-state index in [1.54, 1.807) is 24.3 Å². The molecule has 0 aliphatic heterocycles. The summed E-state index contributed by atoms with van der Waals surface area (Å²) in [7, 11) is 0. The van der Waals surface area contributed by atoms with Crippen LogP contribution in [0.3, 0.4) is 0 Å². The van der Waals surface area contributed by atoms with Gasteiger partial charge in [0.05, 0.1) is 0 Å². The van der Waals surface area contributed by atoms with Gasteiger partial charge in [0.25, 0.3) is 0 Å². The number of hydrogen-bond acceptors (Lipinski definition) is 2. The van der Waals surface area contributed by atoms with Gasteiger partial charge in [-0.1, -0.05) is 67.6 Å². The van der Waals surface area contributed by atoms with E-state index in [1.807, 2.05) is 43.3 Å². The number of carbonyl (C=O) groups is 2. The lowest BCUT2D eigenvalue weighted by atomic mass is 9.89. The Morgan fingerprint density at radius 1 is 0.850 bits per heavy atom. The van der Waals surface area contributed by atoms with E-state index in [0.717, 1.165) is 0 Å². The van der Waals surface area contributed by atoms with Gasteiger partial charge in [0.1, 0.15) is 0 Å². The Bertz CT molecular complexity index is 573. The first-order valence-corrected chi connectivity index (χ1v) is 6.90. The SMILES string of the molecule is CCC(CC(=O)c1ccccc1)C(=O)c1ccccc1. The second kappa shape index (κ2) is 6.80. The molecular weight excluding hydrogens is 248 g/mol. The Kier molecular flexibility index (Phi) is 4.83. The highest BCUT2D eigenvalue weighted by atomic mass is 16.1. The molecule has 0 amide bonds. The van der Waals surface area contributed by atoms with E-state index in [4.69, 9.17) is 0 Å². The van der Waals surface area contributed by atoms with E-state index in [1.165, 1.54) is 0 Å². The minimum absolute atomic E-state index is 0.0294. The molecule has 2 heteroatoms. The molecule has 20 heavy (non-hydrogen) atoms. The number of hydrogen-bond donors (Lipinski definition) is 0. The highest BCUT2D eigenvalue weighted by Crippen LogP contribution is 2.18. The first-order valence-electron chi connectivity index (χ1n) is 6.90. The third kappa shape index (κ3) is 3.41. The van der Waals surface area contributed by atoms with Crippen LogP contribution in [0.25, 0.3) is 0 Å². The maximum Gasteiger partial charge on any atom is 0.166 e. The largest absolute Gasteiger partial charge is 0.294 e. The van der Waals surface area contributed by atoms with Crippen molar-refractivity contribution in [1.82, 2.24) is 0 Å². The lowest BCUT2D eigenvalue weighted by Gasteiger charge is -2.13. The number of benzene rings is 2. The van der Waals surface area contributed by atoms with E-state index in [9.17, 15) is 9.59 Å². The molecule has 2 nitrogen and oxygen atoms in total. The highest BCUT2D eigenvalue weighted by molar-refractivity contribution is 6.03. The molecule has 1 unspecified atom stereocenters. The van der Waals surface area contributed by atoms with Crippen LogP contribution in [0.2, 0.25) is 0 Å². The van der Waals surface area contributed by atoms with Crippen LogP contribution in [-0.4, -0.2) is 11.6 Å². The van der Waals surface area contributed by atoms with Crippen molar-refractivity contribution in [2.24, 2.45) is 5.92 Å². The van der Waals surface area contributed by atoms with Gasteiger partial charge in [0.15, 0.2) is 11.6 Å². The molecule has 102 valence electrons. The van der Waals surface area contributed by atoms with E-state index < -0.39 is 0 Å². The van der Waals surface area contributed by atoms with Crippen molar-refractivity contribution < 1.29 is 9.59 Å². The second-order valence-electron chi connectivity index (χ2n) is 4.83. The summed E-state index contributed by atoms with van der Waals surface area (Å²) in [5, 5.41) is 0. The first-order chi connectivity index (χ1) is 9.72. The van der Waals surface area contributed by atoms with Crippen LogP contribution < -0.4 is 0 Å². The molecule has 2 aromatic rings. The molecule has 0 saturated heterocycles. The third-order valence-corrected chi connectivity index (χ3v) is 3.45. The summed E-state index contributed by atoms with van der Waals surface area (Å²) in [5.74, 6) is -0.163. The average Bonchev–Trinajstić information content (AvgIpc) is 2.53. The zero-order valence-corrected chi connectivity index (χ0v) is 11.6. The van der Waals surface area contributed by atoms with Crippen LogP contribution in [0.1, 0.15) is 40.5 Å². The second-order valence-corrected chi connectivity index (χ2v) is 4.83. The van der Waals surface area contributed by atoms with Crippen LogP contribution in [0.4, 0.5) is 0 Å². The molecule has 0 spiro atoms. The van der Waals surface area contributed by atoms with Crippen LogP contribution in [-0.2, 0) is 0 Å². The average molecular weight is 266 g/mol. The molecule has 2 rings (SSSR count). The maximum absolute atomic E-state index is 12.4. The Balaban J connectivity index is 2.10. The lowest BCUT2D eigenvalue weighted by Crippen LogP contribution is -2.18. The van der Waals surface area contributed by atoms with Crippen molar-refractivity contribution in [2.45, 2.75) is 19.8 Å². The predicted octanol–water partition coefficient (Wildman–Crippen LogP) is 4.17. The van der Waals surface area contributed by atoms with Gasteiger partial charge in [-0.15, -0.1) is 0 Å². The quantitative estimate of drug-likeness (QED) is 0.735. The molecule has 0 N–H and O–H groups in total. The summed E-state index contributed by atoms with van der Waals surface area (Å²) in [4.78, 5) is 24.6. The van der Waals surface area contributed by atoms with E-state index in [2.05, 4.69) is 0 Å². The van der Waals surface area contributed by atoms with Gasteiger partial charge in [-0.3, -0.25) is 9.59 Å². The maximum atomic E-state index is 12.4. The van der Waals surface area contributed by atoms with Crippen LogP contribution in [0.15, 0.2) is 60.7 Å². The minimum Gasteiger partial charge on any atom is -0.294 e. The monoisotopic (exact) mass is 266 g/mol. The predicted molar refractivity (Wildman–Crippen MR) is 79.9 cm³/mol. The Hall–Kier alpha value is -2.22. The zero-order chi connectivity index (χ0) is 14.4. The first kappa shape index (κ1) is 14.2. The molecule has 1 atom stereocenters. The molecule has 0 fully saturated rings. The van der Waals surface area contributed by atoms with Gasteiger partial charge in [-0.2, -0.15) is 0 Å². The molecule has 0 aliphatic carbocycles. The van der Waals surface area contributed by atoms with E-state index in [-0.39, 0.29) is 23.9 Å². The number of rotatable bonds is 6. The molecule has 0 saturated carbocycles. The molecule has 0 radical (unpaired) electrons. The summed E-state index contributed by atoms with van der Waals surface area (Å²) in [6.45, 7) is 1.95. The van der Waals surface area contributed by atoms with Crippen molar-refractivity contribution >= 4 is 11.6 Å². The Morgan fingerprint density at radius 2 is 1.35 bits per heavy atom. The minimum atomic E-state index is -0.245. The van der Waals surface area contributed by atoms with Crippen molar-refractivity contribution in [3.8, 4) is 0 Å². The van der Waals surface area contributed by atoms with Crippen LogP contribution in [0.5, 0.6) is 0 Å². The Morgan fingerprint density at radius 3 is 1.85 bits per heavy atom. The molecular formula is C18H18O2. The van der Waals surface area contributed by atoms with Crippen LogP contribution in [0, 0.1) is 5.92 Å². The van der Waals surface area contributed by atoms with Crippen molar-refractivity contribution in [3.63, 3.8) is 0 Å². The lowest BCUT2D eigenvalue weighted by molar-refractivity contribution is 0.0849. The van der Waals surface area contributed by atoms with Crippen LogP contribution >= 0.6 is 0 Å². The fraction of sp³-hybridized carbons (Fsp3) is 0.222. The number of Topliss-reactive ketones (excluding diaryl/α,β-unsaturated/α-hetero) is 2. The van der Waals surface area contributed by atoms with Crippen molar-refractivity contribution in [1.29, 1.82) is 0 Å². The molecule has 0 heterocycles. The van der Waals surface area contributed by atoms with Gasteiger partial charge < -0.3 is 0 Å². The van der Waals surface area contributed by atoms with Gasteiger partial charge in [0, 0.05) is 23.5 Å². The summed E-state index contributed by atoms with van der Waals surface area (Å²) in [6.07, 6.45) is 0.945. The fourth-order valence-corrected chi connectivity index (χ4v) is 2.23. The van der Waals surface area contributed by atoms with Gasteiger partial charge in [0.2, 0.25) is 0 Å². The number of ketones is 2. The van der Waals surface area contributed by atoms with Crippen molar-refractivity contribution in [3.05, 3.63) is 71.8 Å². The topological polar surface area (TPSA) is 34.1 Å². The zero-order valence-electron chi connectivity index (χ0n) is 11.6. The standard InChI is InChI=1S/C18H18O2/c1-2-14(18(20)16-11-7-4-8-12-16)13-17(19)15-9-5-3-6-10-15/h3-12,14H,2,13H2,1H3. The third-order valence-electron chi connectivity index (χ3n) is 3.45. The van der Waals surface area contributed by atoms with E-state index in [0.29, 0.717) is 17.5 Å². The summed E-state index contributed by atoms with van der Waals surface area (Å²) >= 11 is 0. The van der Waals surface area contributed by atoms with E-state index >= 15 is 0 Å².